The summed E-state index contributed by atoms with van der Waals surface area (Å²) >= 11 is 0. The maximum atomic E-state index is 12.2. The molecule has 25 heavy (non-hydrogen) atoms. The van der Waals surface area contributed by atoms with Gasteiger partial charge in [0.2, 0.25) is 0 Å². The highest BCUT2D eigenvalue weighted by Crippen LogP contribution is 2.30. The molecule has 2 amide bonds. The Morgan fingerprint density at radius 2 is 1.76 bits per heavy atom. The molecule has 0 radical (unpaired) electrons. The summed E-state index contributed by atoms with van der Waals surface area (Å²) in [6.07, 6.45) is 3.15. The number of carbonyl (C=O) groups excluding carboxylic acids is 2. The molecule has 2 aromatic carbocycles. The topological polar surface area (TPSA) is 91.3 Å². The van der Waals surface area contributed by atoms with Crippen molar-refractivity contribution in [1.29, 1.82) is 0 Å². The van der Waals surface area contributed by atoms with Gasteiger partial charge in [-0.25, -0.2) is 0 Å². The minimum atomic E-state index is -0.461. The first-order chi connectivity index (χ1) is 12.1. The number of nitrogens with one attached hydrogen (secondary N) is 2. The number of hydrogen-bond acceptors (Lipinski definition) is 5. The first-order valence-electron chi connectivity index (χ1n) is 7.63. The van der Waals surface area contributed by atoms with E-state index in [0.717, 1.165) is 5.39 Å². The molecule has 1 aliphatic heterocycles. The number of carbonyl (C=O) groups is 2. The van der Waals surface area contributed by atoms with Crippen molar-refractivity contribution in [2.75, 3.05) is 5.32 Å². The number of anilines is 1. The molecular formula is C19H13N3O3. The summed E-state index contributed by atoms with van der Waals surface area (Å²) in [4.78, 5) is 28.3. The number of hydrogen-bond donors (Lipinski definition) is 3. The second kappa shape index (κ2) is 5.76. The highest BCUT2D eigenvalue weighted by molar-refractivity contribution is 6.31. The van der Waals surface area contributed by atoms with Gasteiger partial charge in [0.1, 0.15) is 11.3 Å². The number of pyridine rings is 1. The molecule has 3 N–H and O–H groups in total. The lowest BCUT2D eigenvalue weighted by atomic mass is 9.95. The minimum Gasteiger partial charge on any atom is -0.506 e. The van der Waals surface area contributed by atoms with E-state index in [-0.39, 0.29) is 5.75 Å². The van der Waals surface area contributed by atoms with Crippen LogP contribution in [-0.4, -0.2) is 21.9 Å². The standard InChI is InChI=1S/C19H13N3O3/c23-16-8-7-15(13-6-3-9-20-17(13)16)21-10-14-11-4-1-2-5-12(11)18(24)22-19(14)25/h1-10,21,23H,(H,22,24,25)/b14-10+. The van der Waals surface area contributed by atoms with Gasteiger partial charge < -0.3 is 10.4 Å². The largest absolute Gasteiger partial charge is 0.506 e. The van der Waals surface area contributed by atoms with Gasteiger partial charge in [0.25, 0.3) is 11.8 Å². The van der Waals surface area contributed by atoms with E-state index < -0.39 is 11.8 Å². The summed E-state index contributed by atoms with van der Waals surface area (Å²) < 4.78 is 0. The molecule has 1 aliphatic rings. The van der Waals surface area contributed by atoms with Crippen LogP contribution in [0.5, 0.6) is 5.75 Å². The molecule has 4 rings (SSSR count). The zero-order chi connectivity index (χ0) is 17.4. The van der Waals surface area contributed by atoms with Crippen molar-refractivity contribution in [1.82, 2.24) is 10.3 Å². The number of amides is 2. The lowest BCUT2D eigenvalue weighted by Crippen LogP contribution is -2.36. The summed E-state index contributed by atoms with van der Waals surface area (Å²) in [6.45, 7) is 0. The number of imide groups is 1. The van der Waals surface area contributed by atoms with Crippen molar-refractivity contribution >= 4 is 34.0 Å². The molecule has 0 spiro atoms. The predicted octanol–water partition coefficient (Wildman–Crippen LogP) is 2.66. The number of phenolic OH excluding ortho intramolecular Hbond substituents is 1. The van der Waals surface area contributed by atoms with Crippen LogP contribution < -0.4 is 10.6 Å². The first kappa shape index (κ1) is 14.9. The van der Waals surface area contributed by atoms with Gasteiger partial charge in [-0.15, -0.1) is 0 Å². The van der Waals surface area contributed by atoms with Crippen LogP contribution in [-0.2, 0) is 4.79 Å². The third kappa shape index (κ3) is 2.49. The van der Waals surface area contributed by atoms with Gasteiger partial charge >= 0.3 is 0 Å². The molecular weight excluding hydrogens is 318 g/mol. The summed E-state index contributed by atoms with van der Waals surface area (Å²) in [5.41, 5.74) is 2.54. The Kier molecular flexibility index (Phi) is 3.43. The summed E-state index contributed by atoms with van der Waals surface area (Å²) in [7, 11) is 0. The average molecular weight is 331 g/mol. The average Bonchev–Trinajstić information content (AvgIpc) is 2.63. The lowest BCUT2D eigenvalue weighted by molar-refractivity contribution is -0.114. The molecule has 0 aliphatic carbocycles. The number of aromatic nitrogens is 1. The van der Waals surface area contributed by atoms with Crippen LogP contribution in [0.1, 0.15) is 15.9 Å². The van der Waals surface area contributed by atoms with E-state index in [1.807, 2.05) is 6.07 Å². The van der Waals surface area contributed by atoms with Gasteiger partial charge in [-0.05, 0) is 30.3 Å². The molecule has 1 aromatic heterocycles. The normalized spacial score (nSPS) is 15.1. The molecule has 0 bridgehead atoms. The lowest BCUT2D eigenvalue weighted by Gasteiger charge is -2.18. The maximum Gasteiger partial charge on any atom is 0.260 e. The number of phenols is 1. The highest BCUT2D eigenvalue weighted by Gasteiger charge is 2.26. The molecule has 0 fully saturated rings. The Hall–Kier alpha value is -3.67. The number of nitrogens with zero attached hydrogens (tertiary/aromatic N) is 1. The molecule has 0 saturated carbocycles. The minimum absolute atomic E-state index is 0.0835. The van der Waals surface area contributed by atoms with Gasteiger partial charge in [-0.2, -0.15) is 0 Å². The zero-order valence-electron chi connectivity index (χ0n) is 13.0. The third-order valence-electron chi connectivity index (χ3n) is 4.05. The van der Waals surface area contributed by atoms with Crippen molar-refractivity contribution < 1.29 is 14.7 Å². The van der Waals surface area contributed by atoms with E-state index in [9.17, 15) is 14.7 Å². The Bertz CT molecular complexity index is 1060. The SMILES string of the molecule is O=C1NC(=O)c2ccccc2/C1=C\Nc1ccc(O)c2ncccc12. The van der Waals surface area contributed by atoms with Gasteiger partial charge in [0, 0.05) is 34.6 Å². The molecule has 0 saturated heterocycles. The third-order valence-corrected chi connectivity index (χ3v) is 4.05. The van der Waals surface area contributed by atoms with E-state index in [1.54, 1.807) is 48.8 Å². The van der Waals surface area contributed by atoms with Gasteiger partial charge in [0.05, 0.1) is 5.57 Å². The van der Waals surface area contributed by atoms with Crippen molar-refractivity contribution in [3.05, 3.63) is 72.1 Å². The number of fused-ring (bicyclic) bond motifs is 2. The molecule has 6 nitrogen and oxygen atoms in total. The molecule has 0 atom stereocenters. The highest BCUT2D eigenvalue weighted by atomic mass is 16.3. The maximum absolute atomic E-state index is 12.2. The van der Waals surface area contributed by atoms with Crippen molar-refractivity contribution in [3.63, 3.8) is 0 Å². The fourth-order valence-electron chi connectivity index (χ4n) is 2.85. The van der Waals surface area contributed by atoms with E-state index in [0.29, 0.717) is 27.9 Å². The molecule has 3 aromatic rings. The zero-order valence-corrected chi connectivity index (χ0v) is 13.0. The second-order valence-electron chi connectivity index (χ2n) is 5.56. The monoisotopic (exact) mass is 331 g/mol. The Morgan fingerprint density at radius 1 is 0.960 bits per heavy atom. The first-order valence-corrected chi connectivity index (χ1v) is 7.63. The van der Waals surface area contributed by atoms with Crippen molar-refractivity contribution in [2.24, 2.45) is 0 Å². The Labute approximate surface area is 142 Å². The van der Waals surface area contributed by atoms with Gasteiger partial charge in [0.15, 0.2) is 0 Å². The number of aromatic hydroxyl groups is 1. The fraction of sp³-hybridized carbons (Fsp3) is 0. The van der Waals surface area contributed by atoms with Crippen LogP contribution in [0, 0.1) is 0 Å². The van der Waals surface area contributed by atoms with Gasteiger partial charge in [-0.1, -0.05) is 18.2 Å². The Morgan fingerprint density at radius 3 is 2.60 bits per heavy atom. The van der Waals surface area contributed by atoms with Crippen LogP contribution >= 0.6 is 0 Å². The molecule has 122 valence electrons. The van der Waals surface area contributed by atoms with Crippen LogP contribution in [0.25, 0.3) is 16.5 Å². The molecule has 2 heterocycles. The summed E-state index contributed by atoms with van der Waals surface area (Å²) in [5, 5.41) is 16.0. The predicted molar refractivity (Wildman–Crippen MR) is 93.9 cm³/mol. The van der Waals surface area contributed by atoms with Crippen molar-refractivity contribution in [2.45, 2.75) is 0 Å². The Balaban J connectivity index is 1.78. The second-order valence-corrected chi connectivity index (χ2v) is 5.56. The summed E-state index contributed by atoms with van der Waals surface area (Å²) in [6, 6.07) is 13.8. The van der Waals surface area contributed by atoms with E-state index in [4.69, 9.17) is 0 Å². The van der Waals surface area contributed by atoms with Crippen LogP contribution in [0.3, 0.4) is 0 Å². The van der Waals surface area contributed by atoms with Crippen LogP contribution in [0.4, 0.5) is 5.69 Å². The van der Waals surface area contributed by atoms with Gasteiger partial charge in [-0.3, -0.25) is 19.9 Å². The quantitative estimate of drug-likeness (QED) is 0.381. The van der Waals surface area contributed by atoms with Crippen LogP contribution in [0.2, 0.25) is 0 Å². The number of benzene rings is 2. The molecule has 0 unspecified atom stereocenters. The molecule has 6 heteroatoms. The smallest absolute Gasteiger partial charge is 0.260 e. The fourth-order valence-corrected chi connectivity index (χ4v) is 2.85. The number of rotatable bonds is 2. The van der Waals surface area contributed by atoms with E-state index in [1.165, 1.54) is 6.07 Å². The van der Waals surface area contributed by atoms with E-state index >= 15 is 0 Å². The van der Waals surface area contributed by atoms with Crippen molar-refractivity contribution in [3.8, 4) is 5.75 Å². The summed E-state index contributed by atoms with van der Waals surface area (Å²) in [5.74, 6) is -0.783. The van der Waals surface area contributed by atoms with E-state index in [2.05, 4.69) is 15.6 Å². The van der Waals surface area contributed by atoms with Crippen LogP contribution in [0.15, 0.2) is 60.9 Å².